The molecule has 122 valence electrons. The van der Waals surface area contributed by atoms with Gasteiger partial charge in [0.15, 0.2) is 0 Å². The Hall–Kier alpha value is -1.24. The maximum Gasteiger partial charge on any atom is 0.264 e. The summed E-state index contributed by atoms with van der Waals surface area (Å²) in [5, 5.41) is 3.22. The van der Waals surface area contributed by atoms with E-state index >= 15 is 0 Å². The molecule has 0 saturated carbocycles. The van der Waals surface area contributed by atoms with E-state index < -0.39 is 10.1 Å². The first kappa shape index (κ1) is 18.8. The number of hydrogen-bond acceptors (Lipinski definition) is 4. The van der Waals surface area contributed by atoms with E-state index in [-0.39, 0.29) is 11.2 Å². The third-order valence-electron chi connectivity index (χ3n) is 2.92. The first-order valence-electron chi connectivity index (χ1n) is 6.94. The van der Waals surface area contributed by atoms with Crippen LogP contribution in [0.4, 0.5) is 0 Å². The predicted octanol–water partition coefficient (Wildman–Crippen LogP) is 3.65. The second-order valence-corrected chi connectivity index (χ2v) is 8.35. The van der Waals surface area contributed by atoms with Crippen LogP contribution in [0.5, 0.6) is 0 Å². The minimum Gasteiger partial charge on any atom is -0.384 e. The summed E-state index contributed by atoms with van der Waals surface area (Å²) in [4.78, 5) is 1.86. The third-order valence-corrected chi connectivity index (χ3v) is 4.71. The van der Waals surface area contributed by atoms with Crippen molar-refractivity contribution < 1.29 is 13.0 Å². The van der Waals surface area contributed by atoms with Crippen molar-refractivity contribution in [3.05, 3.63) is 59.0 Å². The van der Waals surface area contributed by atoms with Crippen LogP contribution in [-0.4, -0.2) is 25.3 Å². The minimum absolute atomic E-state index is 0.0852. The Kier molecular flexibility index (Phi) is 6.71. The summed E-state index contributed by atoms with van der Waals surface area (Å²) in [7, 11) is -3.91. The summed E-state index contributed by atoms with van der Waals surface area (Å²) in [5.41, 5.74) is 0.822. The molecule has 1 aliphatic rings. The lowest BCUT2D eigenvalue weighted by atomic mass is 9.93. The molecular formula is C16H23NO3S2. The van der Waals surface area contributed by atoms with Gasteiger partial charge in [-0.05, 0) is 12.5 Å². The summed E-state index contributed by atoms with van der Waals surface area (Å²) in [6.07, 6.45) is 10.2. The van der Waals surface area contributed by atoms with Crippen LogP contribution in [0.3, 0.4) is 0 Å². The molecule has 0 amide bonds. The highest BCUT2D eigenvalue weighted by Gasteiger charge is 2.17. The number of thioether (sulfide) groups is 1. The van der Waals surface area contributed by atoms with E-state index in [0.717, 1.165) is 15.5 Å². The van der Waals surface area contributed by atoms with Crippen molar-refractivity contribution >= 4 is 21.9 Å². The molecule has 0 aliphatic heterocycles. The summed E-state index contributed by atoms with van der Waals surface area (Å²) >= 11 is 1.52. The topological polar surface area (TPSA) is 66.4 Å². The van der Waals surface area contributed by atoms with Gasteiger partial charge in [-0.1, -0.05) is 63.1 Å². The largest absolute Gasteiger partial charge is 0.384 e. The molecule has 0 aromatic carbocycles. The Morgan fingerprint density at radius 3 is 2.77 bits per heavy atom. The number of nitrogens with one attached hydrogen (secondary N) is 1. The lowest BCUT2D eigenvalue weighted by Crippen LogP contribution is -2.19. The molecule has 2 N–H and O–H groups in total. The third kappa shape index (κ3) is 7.15. The summed E-state index contributed by atoms with van der Waals surface area (Å²) < 4.78 is 30.2. The normalized spacial score (nSPS) is 17.2. The Bertz CT molecular complexity index is 626. The Morgan fingerprint density at radius 2 is 2.18 bits per heavy atom. The monoisotopic (exact) mass is 341 g/mol. The fourth-order valence-corrected chi connectivity index (χ4v) is 3.32. The van der Waals surface area contributed by atoms with Crippen molar-refractivity contribution in [1.82, 2.24) is 5.32 Å². The molecule has 0 spiro atoms. The molecular weight excluding hydrogens is 318 g/mol. The maximum absolute atomic E-state index is 10.7. The highest BCUT2D eigenvalue weighted by Crippen LogP contribution is 2.35. The van der Waals surface area contributed by atoms with Crippen LogP contribution < -0.4 is 5.32 Å². The zero-order valence-corrected chi connectivity index (χ0v) is 14.6. The first-order valence-corrected chi connectivity index (χ1v) is 9.36. The van der Waals surface area contributed by atoms with E-state index in [2.05, 4.69) is 44.5 Å². The summed E-state index contributed by atoms with van der Waals surface area (Å²) in [6.45, 7) is 12.3. The van der Waals surface area contributed by atoms with Crippen molar-refractivity contribution in [2.75, 3.05) is 12.3 Å². The Labute approximate surface area is 137 Å². The van der Waals surface area contributed by atoms with Gasteiger partial charge >= 0.3 is 0 Å². The van der Waals surface area contributed by atoms with Gasteiger partial charge in [-0.3, -0.25) is 4.55 Å². The van der Waals surface area contributed by atoms with Crippen LogP contribution in [0, 0.1) is 5.41 Å². The quantitative estimate of drug-likeness (QED) is 0.401. The number of hydrogen-bond donors (Lipinski definition) is 2. The first-order chi connectivity index (χ1) is 10.1. The number of allylic oxidation sites excluding steroid dienone is 5. The minimum atomic E-state index is -3.91. The molecule has 0 heterocycles. The average Bonchev–Trinajstić information content (AvgIpc) is 2.52. The number of rotatable bonds is 8. The summed E-state index contributed by atoms with van der Waals surface area (Å²) in [6, 6.07) is 0. The molecule has 0 saturated heterocycles. The van der Waals surface area contributed by atoms with Crippen molar-refractivity contribution in [2.45, 2.75) is 20.3 Å². The molecule has 4 nitrogen and oxygen atoms in total. The van der Waals surface area contributed by atoms with Crippen LogP contribution in [0.1, 0.15) is 20.3 Å². The van der Waals surface area contributed by atoms with Gasteiger partial charge in [-0.25, -0.2) is 0 Å². The molecule has 0 bridgehead atoms. The van der Waals surface area contributed by atoms with Gasteiger partial charge in [-0.2, -0.15) is 8.42 Å². The van der Waals surface area contributed by atoms with Gasteiger partial charge in [0, 0.05) is 27.5 Å². The lowest BCUT2D eigenvalue weighted by Gasteiger charge is -2.18. The fraction of sp³-hybridized carbons (Fsp3) is 0.375. The zero-order chi connectivity index (χ0) is 16.8. The second kappa shape index (κ2) is 7.85. The van der Waals surface area contributed by atoms with E-state index in [4.69, 9.17) is 4.55 Å². The van der Waals surface area contributed by atoms with Crippen LogP contribution in [0.25, 0.3) is 0 Å². The molecule has 0 aromatic heterocycles. The van der Waals surface area contributed by atoms with E-state index in [9.17, 15) is 8.42 Å². The molecule has 0 aromatic rings. The van der Waals surface area contributed by atoms with Gasteiger partial charge in [0.2, 0.25) is 0 Å². The molecule has 1 rings (SSSR count). The van der Waals surface area contributed by atoms with Gasteiger partial charge in [-0.15, -0.1) is 0 Å². The lowest BCUT2D eigenvalue weighted by molar-refractivity contribution is 0.480. The molecule has 1 aliphatic carbocycles. The Balaban J connectivity index is 2.80. The summed E-state index contributed by atoms with van der Waals surface area (Å²) in [5.74, 6) is -0.250. The van der Waals surface area contributed by atoms with Crippen LogP contribution >= 0.6 is 11.8 Å². The predicted molar refractivity (Wildman–Crippen MR) is 95.1 cm³/mol. The highest BCUT2D eigenvalue weighted by molar-refractivity contribution is 8.07. The van der Waals surface area contributed by atoms with E-state index in [1.54, 1.807) is 6.08 Å². The average molecular weight is 341 g/mol. The molecule has 0 fully saturated rings. The van der Waals surface area contributed by atoms with Crippen LogP contribution in [0.2, 0.25) is 0 Å². The van der Waals surface area contributed by atoms with Gasteiger partial charge in [0.1, 0.15) is 0 Å². The van der Waals surface area contributed by atoms with Crippen molar-refractivity contribution in [2.24, 2.45) is 5.41 Å². The molecule has 0 atom stereocenters. The zero-order valence-electron chi connectivity index (χ0n) is 13.0. The fourth-order valence-electron chi connectivity index (χ4n) is 1.83. The van der Waals surface area contributed by atoms with E-state index in [1.807, 2.05) is 12.2 Å². The van der Waals surface area contributed by atoms with Crippen molar-refractivity contribution in [3.63, 3.8) is 0 Å². The SMILES string of the molecule is C=CC(=C)SC1=CC(C)(C)C=CC=C1NCCCS(=O)(=O)O. The van der Waals surface area contributed by atoms with Crippen LogP contribution in [-0.2, 0) is 10.1 Å². The molecule has 0 radical (unpaired) electrons. The second-order valence-electron chi connectivity index (χ2n) is 5.61. The van der Waals surface area contributed by atoms with Crippen LogP contribution in [0.15, 0.2) is 59.0 Å². The smallest absolute Gasteiger partial charge is 0.264 e. The van der Waals surface area contributed by atoms with E-state index in [0.29, 0.717) is 13.0 Å². The van der Waals surface area contributed by atoms with Gasteiger partial charge in [0.05, 0.1) is 5.75 Å². The highest BCUT2D eigenvalue weighted by atomic mass is 32.2. The standard InChI is InChI=1S/C16H23NO3S2/c1-5-13(2)21-15-12-16(3,4)9-6-8-14(15)17-10-7-11-22(18,19)20/h5-6,8-9,12,17H,1-2,7,10-11H2,3-4H3,(H,18,19,20). The Morgan fingerprint density at radius 1 is 1.50 bits per heavy atom. The van der Waals surface area contributed by atoms with Gasteiger partial charge in [0.25, 0.3) is 10.1 Å². The molecule has 0 unspecified atom stereocenters. The van der Waals surface area contributed by atoms with Gasteiger partial charge < -0.3 is 5.32 Å². The maximum atomic E-state index is 10.7. The molecule has 6 heteroatoms. The van der Waals surface area contributed by atoms with E-state index in [1.165, 1.54) is 11.8 Å². The van der Waals surface area contributed by atoms with Crippen molar-refractivity contribution in [1.29, 1.82) is 0 Å². The molecule has 22 heavy (non-hydrogen) atoms. The van der Waals surface area contributed by atoms with Crippen molar-refractivity contribution in [3.8, 4) is 0 Å².